The SMILES string of the molecule is CCOC(=O)Cn1cnc(CNC(C)C)c1. The Balaban J connectivity index is 2.42. The highest BCUT2D eigenvalue weighted by Crippen LogP contribution is 1.97. The van der Waals surface area contributed by atoms with Gasteiger partial charge in [0.15, 0.2) is 0 Å². The van der Waals surface area contributed by atoms with Crippen molar-refractivity contribution in [1.29, 1.82) is 0 Å². The second-order valence-electron chi connectivity index (χ2n) is 3.88. The number of hydrogen-bond donors (Lipinski definition) is 1. The van der Waals surface area contributed by atoms with Crippen molar-refractivity contribution in [3.05, 3.63) is 18.2 Å². The van der Waals surface area contributed by atoms with E-state index in [0.717, 1.165) is 5.69 Å². The van der Waals surface area contributed by atoms with E-state index in [1.165, 1.54) is 0 Å². The fourth-order valence-corrected chi connectivity index (χ4v) is 1.25. The van der Waals surface area contributed by atoms with Gasteiger partial charge in [0.05, 0.1) is 18.6 Å². The van der Waals surface area contributed by atoms with Crippen molar-refractivity contribution in [3.8, 4) is 0 Å². The van der Waals surface area contributed by atoms with Gasteiger partial charge in [-0.3, -0.25) is 4.79 Å². The summed E-state index contributed by atoms with van der Waals surface area (Å²) in [7, 11) is 0. The molecule has 0 spiro atoms. The molecule has 0 aliphatic rings. The average Bonchev–Trinajstić information content (AvgIpc) is 2.63. The summed E-state index contributed by atoms with van der Waals surface area (Å²) in [6.07, 6.45) is 3.50. The number of nitrogens with zero attached hydrogens (tertiary/aromatic N) is 2. The molecule has 0 bridgehead atoms. The molecule has 1 aromatic heterocycles. The predicted octanol–water partition coefficient (Wildman–Crippen LogP) is 0.944. The fourth-order valence-electron chi connectivity index (χ4n) is 1.25. The minimum atomic E-state index is -0.233. The third kappa shape index (κ3) is 4.44. The van der Waals surface area contributed by atoms with Gasteiger partial charge >= 0.3 is 5.97 Å². The number of hydrogen-bond acceptors (Lipinski definition) is 4. The summed E-state index contributed by atoms with van der Waals surface area (Å²) in [4.78, 5) is 15.4. The van der Waals surface area contributed by atoms with Gasteiger partial charge in [0.25, 0.3) is 0 Å². The molecule has 0 aliphatic carbocycles. The molecule has 5 heteroatoms. The highest BCUT2D eigenvalue weighted by atomic mass is 16.5. The number of aromatic nitrogens is 2. The van der Waals surface area contributed by atoms with Crippen LogP contribution < -0.4 is 5.32 Å². The van der Waals surface area contributed by atoms with Gasteiger partial charge in [0, 0.05) is 18.8 Å². The molecule has 0 unspecified atom stereocenters. The Kier molecular flexibility index (Phi) is 4.98. The average molecular weight is 225 g/mol. The highest BCUT2D eigenvalue weighted by molar-refractivity contribution is 5.69. The number of imidazole rings is 1. The van der Waals surface area contributed by atoms with Crippen LogP contribution in [0.15, 0.2) is 12.5 Å². The summed E-state index contributed by atoms with van der Waals surface area (Å²) in [6.45, 7) is 7.31. The van der Waals surface area contributed by atoms with E-state index in [0.29, 0.717) is 19.2 Å². The summed E-state index contributed by atoms with van der Waals surface area (Å²) in [5, 5.41) is 3.26. The Morgan fingerprint density at radius 1 is 1.62 bits per heavy atom. The van der Waals surface area contributed by atoms with Crippen LogP contribution in [0.5, 0.6) is 0 Å². The molecule has 0 atom stereocenters. The third-order valence-electron chi connectivity index (χ3n) is 2.00. The Labute approximate surface area is 95.8 Å². The Morgan fingerprint density at radius 3 is 3.00 bits per heavy atom. The normalized spacial score (nSPS) is 10.8. The third-order valence-corrected chi connectivity index (χ3v) is 2.00. The molecule has 0 radical (unpaired) electrons. The zero-order valence-corrected chi connectivity index (χ0v) is 10.1. The standard InChI is InChI=1S/C11H19N3O2/c1-4-16-11(15)7-14-6-10(13-8-14)5-12-9(2)3/h6,8-9,12H,4-5,7H2,1-3H3. The van der Waals surface area contributed by atoms with Gasteiger partial charge in [0.2, 0.25) is 0 Å². The van der Waals surface area contributed by atoms with Gasteiger partial charge < -0.3 is 14.6 Å². The van der Waals surface area contributed by atoms with E-state index >= 15 is 0 Å². The Bertz CT molecular complexity index is 334. The molecular weight excluding hydrogens is 206 g/mol. The maximum Gasteiger partial charge on any atom is 0.325 e. The van der Waals surface area contributed by atoms with E-state index in [4.69, 9.17) is 4.74 Å². The molecular formula is C11H19N3O2. The van der Waals surface area contributed by atoms with E-state index in [-0.39, 0.29) is 12.5 Å². The van der Waals surface area contributed by atoms with Crippen LogP contribution in [0.1, 0.15) is 26.5 Å². The first-order valence-corrected chi connectivity index (χ1v) is 5.51. The number of esters is 1. The number of carbonyl (C=O) groups is 1. The van der Waals surface area contributed by atoms with E-state index < -0.39 is 0 Å². The Morgan fingerprint density at radius 2 is 2.38 bits per heavy atom. The zero-order valence-electron chi connectivity index (χ0n) is 10.1. The quantitative estimate of drug-likeness (QED) is 0.732. The van der Waals surface area contributed by atoms with Crippen LogP contribution in [0, 0.1) is 0 Å². The van der Waals surface area contributed by atoms with Crippen molar-refractivity contribution in [2.75, 3.05) is 6.61 Å². The summed E-state index contributed by atoms with van der Waals surface area (Å²) >= 11 is 0. The van der Waals surface area contributed by atoms with Gasteiger partial charge in [-0.1, -0.05) is 13.8 Å². The molecule has 0 fully saturated rings. The van der Waals surface area contributed by atoms with Gasteiger partial charge in [-0.2, -0.15) is 0 Å². The van der Waals surface area contributed by atoms with Crippen LogP contribution >= 0.6 is 0 Å². The van der Waals surface area contributed by atoms with Crippen molar-refractivity contribution < 1.29 is 9.53 Å². The molecule has 0 saturated carbocycles. The lowest BCUT2D eigenvalue weighted by Crippen LogP contribution is -2.22. The molecule has 1 rings (SSSR count). The highest BCUT2D eigenvalue weighted by Gasteiger charge is 2.04. The summed E-state index contributed by atoms with van der Waals surface area (Å²) < 4.78 is 6.58. The van der Waals surface area contributed by atoms with Gasteiger partial charge in [-0.25, -0.2) is 4.98 Å². The van der Waals surface area contributed by atoms with E-state index in [2.05, 4.69) is 24.1 Å². The molecule has 0 saturated heterocycles. The second-order valence-corrected chi connectivity index (χ2v) is 3.88. The van der Waals surface area contributed by atoms with Crippen molar-refractivity contribution in [3.63, 3.8) is 0 Å². The Hall–Kier alpha value is -1.36. The molecule has 90 valence electrons. The molecule has 0 amide bonds. The lowest BCUT2D eigenvalue weighted by atomic mass is 10.3. The monoisotopic (exact) mass is 225 g/mol. The van der Waals surface area contributed by atoms with Crippen LogP contribution in [0.25, 0.3) is 0 Å². The molecule has 1 aromatic rings. The van der Waals surface area contributed by atoms with Gasteiger partial charge in [-0.05, 0) is 6.92 Å². The first kappa shape index (κ1) is 12.7. The minimum absolute atomic E-state index is 0.225. The number of nitrogens with one attached hydrogen (secondary N) is 1. The van der Waals surface area contributed by atoms with Crippen LogP contribution in [-0.4, -0.2) is 28.2 Å². The predicted molar refractivity (Wildman–Crippen MR) is 60.8 cm³/mol. The topological polar surface area (TPSA) is 56.2 Å². The van der Waals surface area contributed by atoms with E-state index in [9.17, 15) is 4.79 Å². The lowest BCUT2D eigenvalue weighted by molar-refractivity contribution is -0.143. The zero-order chi connectivity index (χ0) is 12.0. The lowest BCUT2D eigenvalue weighted by Gasteiger charge is -2.05. The molecule has 0 aromatic carbocycles. The smallest absolute Gasteiger partial charge is 0.325 e. The number of carbonyl (C=O) groups excluding carboxylic acids is 1. The van der Waals surface area contributed by atoms with Gasteiger partial charge in [-0.15, -0.1) is 0 Å². The summed E-state index contributed by atoms with van der Waals surface area (Å²) in [5.41, 5.74) is 0.929. The van der Waals surface area contributed by atoms with Crippen molar-refractivity contribution in [2.24, 2.45) is 0 Å². The molecule has 1 N–H and O–H groups in total. The van der Waals surface area contributed by atoms with Crippen molar-refractivity contribution in [1.82, 2.24) is 14.9 Å². The number of rotatable bonds is 6. The molecule has 5 nitrogen and oxygen atoms in total. The fraction of sp³-hybridized carbons (Fsp3) is 0.636. The van der Waals surface area contributed by atoms with Crippen LogP contribution in [0.4, 0.5) is 0 Å². The molecule has 0 aliphatic heterocycles. The summed E-state index contributed by atoms with van der Waals surface area (Å²) in [5.74, 6) is -0.233. The van der Waals surface area contributed by atoms with Crippen LogP contribution in [0.3, 0.4) is 0 Å². The largest absolute Gasteiger partial charge is 0.465 e. The molecule has 1 heterocycles. The molecule has 16 heavy (non-hydrogen) atoms. The maximum absolute atomic E-state index is 11.2. The first-order chi connectivity index (χ1) is 7.61. The van der Waals surface area contributed by atoms with Gasteiger partial charge in [0.1, 0.15) is 6.54 Å². The van der Waals surface area contributed by atoms with Crippen molar-refractivity contribution in [2.45, 2.75) is 39.9 Å². The number of ether oxygens (including phenoxy) is 1. The maximum atomic E-state index is 11.2. The van der Waals surface area contributed by atoms with E-state index in [1.807, 2.05) is 6.20 Å². The van der Waals surface area contributed by atoms with Crippen molar-refractivity contribution >= 4 is 5.97 Å². The van der Waals surface area contributed by atoms with E-state index in [1.54, 1.807) is 17.8 Å². The van der Waals surface area contributed by atoms with Crippen LogP contribution in [-0.2, 0) is 22.6 Å². The minimum Gasteiger partial charge on any atom is -0.465 e. The van der Waals surface area contributed by atoms with Crippen LogP contribution in [0.2, 0.25) is 0 Å². The first-order valence-electron chi connectivity index (χ1n) is 5.51. The second kappa shape index (κ2) is 6.27. The summed E-state index contributed by atoms with van der Waals surface area (Å²) in [6, 6.07) is 0.426.